The molecule has 4 aromatic rings. The van der Waals surface area contributed by atoms with E-state index in [0.29, 0.717) is 45.2 Å². The van der Waals surface area contributed by atoms with E-state index in [2.05, 4.69) is 10.2 Å². The Hall–Kier alpha value is -3.88. The van der Waals surface area contributed by atoms with E-state index in [4.69, 9.17) is 14.9 Å². The molecule has 12 nitrogen and oxygen atoms in total. The zero-order valence-electron chi connectivity index (χ0n) is 25.8. The molecule has 14 heteroatoms. The van der Waals surface area contributed by atoms with Crippen LogP contribution in [0.25, 0.3) is 15.2 Å². The smallest absolute Gasteiger partial charge is 0.333 e. The number of aryl methyl sites for hydroxylation is 3. The molecule has 1 amide bonds. The molecular weight excluding hydrogens is 591 g/mol. The summed E-state index contributed by atoms with van der Waals surface area (Å²) in [6.07, 6.45) is 5.10. The van der Waals surface area contributed by atoms with Crippen molar-refractivity contribution in [2.45, 2.75) is 71.6 Å². The van der Waals surface area contributed by atoms with Crippen LogP contribution in [0.3, 0.4) is 0 Å². The van der Waals surface area contributed by atoms with Crippen LogP contribution in [0.5, 0.6) is 5.75 Å². The first-order valence-electron chi connectivity index (χ1n) is 14.3. The average Bonchev–Trinajstić information content (AvgIpc) is 3.74. The number of nitrogens with zero attached hydrogens (tertiary/aromatic N) is 6. The second-order valence-corrected chi connectivity index (χ2v) is 12.8. The second kappa shape index (κ2) is 13.0. The topological polar surface area (TPSA) is 145 Å². The first kappa shape index (κ1) is 33.0. The number of benzene rings is 1. The number of likely N-dealkylation sites (tertiary alicyclic amines) is 1. The molecule has 0 aliphatic carbocycles. The molecule has 1 fully saturated rings. The Morgan fingerprint density at radius 3 is 2.30 bits per heavy atom. The molecule has 0 radical (unpaired) electrons. The van der Waals surface area contributed by atoms with Crippen molar-refractivity contribution in [1.29, 1.82) is 0 Å². The number of hydrogen-bond acceptors (Lipinski definition) is 9. The number of thiophene rings is 1. The molecule has 0 spiro atoms. The molecule has 2 N–H and O–H groups in total. The van der Waals surface area contributed by atoms with Gasteiger partial charge in [-0.1, -0.05) is 11.3 Å². The highest BCUT2D eigenvalue weighted by Crippen LogP contribution is 2.31. The number of aliphatic hydroxyl groups excluding tert-OH is 1. The Kier molecular flexibility index (Phi) is 9.76. The van der Waals surface area contributed by atoms with Gasteiger partial charge in [-0.05, 0) is 77.6 Å². The molecule has 4 heterocycles. The lowest BCUT2D eigenvalue weighted by molar-refractivity contribution is -0.138. The van der Waals surface area contributed by atoms with Crippen LogP contribution in [0.15, 0.2) is 40.2 Å². The standard InChI is InChI=1S/C26H29FN6O4S.C4H10O2/c1-16-20-21(34)32(26(2,3)24(35)30-12-5-6-13-30)25(36)31(23(20)38-22(16)33-28-10-11-29-33)14-9-17-15-18(27)7-8-19(17)37-4;1-4(2,6)3-5/h7-8,10-11,15H,5-6,9,12-14H2,1-4H3;5-6H,3H2,1-2H3. The monoisotopic (exact) mass is 630 g/mol. The fourth-order valence-corrected chi connectivity index (χ4v) is 6.35. The van der Waals surface area contributed by atoms with E-state index < -0.39 is 28.2 Å². The van der Waals surface area contributed by atoms with Crippen molar-refractivity contribution in [2.24, 2.45) is 0 Å². The van der Waals surface area contributed by atoms with Gasteiger partial charge in [-0.3, -0.25) is 14.2 Å². The molecular formula is C30H39FN6O6S. The number of methoxy groups -OCH3 is 1. The number of fused-ring (bicyclic) bond motifs is 1. The van der Waals surface area contributed by atoms with Crippen LogP contribution in [0.1, 0.15) is 51.7 Å². The molecule has 238 valence electrons. The van der Waals surface area contributed by atoms with Gasteiger partial charge in [0.15, 0.2) is 0 Å². The summed E-state index contributed by atoms with van der Waals surface area (Å²) in [6, 6.07) is 4.22. The summed E-state index contributed by atoms with van der Waals surface area (Å²) >= 11 is 1.22. The summed E-state index contributed by atoms with van der Waals surface area (Å²) in [6.45, 7) is 9.25. The third-order valence-corrected chi connectivity index (χ3v) is 8.78. The van der Waals surface area contributed by atoms with Crippen molar-refractivity contribution in [3.8, 4) is 10.8 Å². The maximum atomic E-state index is 14.0. The lowest BCUT2D eigenvalue weighted by Crippen LogP contribution is -2.56. The number of rotatable bonds is 8. The molecule has 0 unspecified atom stereocenters. The minimum absolute atomic E-state index is 0.134. The normalized spacial score (nSPS) is 13.7. The molecule has 0 atom stereocenters. The van der Waals surface area contributed by atoms with E-state index in [1.165, 1.54) is 52.3 Å². The van der Waals surface area contributed by atoms with E-state index in [1.54, 1.807) is 45.6 Å². The van der Waals surface area contributed by atoms with Gasteiger partial charge in [0.05, 0.1) is 37.1 Å². The number of carbonyl (C=O) groups is 1. The third kappa shape index (κ3) is 6.61. The van der Waals surface area contributed by atoms with Gasteiger partial charge < -0.3 is 19.8 Å². The maximum absolute atomic E-state index is 14.0. The molecule has 1 aromatic carbocycles. The SMILES string of the molecule is CC(C)(O)CO.COc1ccc(F)cc1CCn1c(=O)n(C(C)(C)C(=O)N2CCCC2)c(=O)c2c(C)c(-n3nccn3)sc21. The number of ether oxygens (including phenoxy) is 1. The molecule has 5 rings (SSSR count). The quantitative estimate of drug-likeness (QED) is 0.302. The summed E-state index contributed by atoms with van der Waals surface area (Å²) in [5, 5.41) is 26.1. The van der Waals surface area contributed by atoms with Crippen molar-refractivity contribution in [1.82, 2.24) is 29.0 Å². The first-order valence-corrected chi connectivity index (χ1v) is 15.1. The zero-order chi connectivity index (χ0) is 32.4. The average molecular weight is 631 g/mol. The number of halogens is 1. The fourth-order valence-electron chi connectivity index (χ4n) is 5.11. The van der Waals surface area contributed by atoms with E-state index in [-0.39, 0.29) is 25.5 Å². The Morgan fingerprint density at radius 2 is 1.73 bits per heavy atom. The molecule has 1 saturated heterocycles. The summed E-state index contributed by atoms with van der Waals surface area (Å²) in [5.74, 6) is -0.189. The number of carbonyl (C=O) groups excluding carboxylic acids is 1. The lowest BCUT2D eigenvalue weighted by Gasteiger charge is -2.31. The van der Waals surface area contributed by atoms with Crippen molar-refractivity contribution in [3.63, 3.8) is 0 Å². The molecule has 1 aliphatic rings. The van der Waals surface area contributed by atoms with Crippen LogP contribution in [0.2, 0.25) is 0 Å². The van der Waals surface area contributed by atoms with Crippen molar-refractivity contribution < 1.29 is 24.1 Å². The van der Waals surface area contributed by atoms with Gasteiger partial charge in [-0.25, -0.2) is 13.8 Å². The van der Waals surface area contributed by atoms with Crippen LogP contribution in [-0.4, -0.2) is 77.6 Å². The van der Waals surface area contributed by atoms with Crippen molar-refractivity contribution >= 4 is 27.5 Å². The summed E-state index contributed by atoms with van der Waals surface area (Å²) < 4.78 is 22.0. The van der Waals surface area contributed by atoms with Crippen LogP contribution >= 0.6 is 11.3 Å². The molecule has 0 saturated carbocycles. The summed E-state index contributed by atoms with van der Waals surface area (Å²) in [7, 11) is 1.50. The Morgan fingerprint density at radius 1 is 1.11 bits per heavy atom. The number of aromatic nitrogens is 5. The van der Waals surface area contributed by atoms with Gasteiger partial charge in [-0.15, -0.1) is 4.80 Å². The largest absolute Gasteiger partial charge is 0.496 e. The van der Waals surface area contributed by atoms with Crippen LogP contribution < -0.4 is 16.0 Å². The molecule has 0 bridgehead atoms. The van der Waals surface area contributed by atoms with Gasteiger partial charge in [0.25, 0.3) is 5.56 Å². The summed E-state index contributed by atoms with van der Waals surface area (Å²) in [4.78, 5) is 45.1. The highest BCUT2D eigenvalue weighted by molar-refractivity contribution is 7.21. The fraction of sp³-hybridized carbons (Fsp3) is 0.500. The number of amides is 1. The zero-order valence-corrected chi connectivity index (χ0v) is 26.6. The van der Waals surface area contributed by atoms with Crippen molar-refractivity contribution in [3.05, 3.63) is 68.4 Å². The van der Waals surface area contributed by atoms with E-state index in [0.717, 1.165) is 17.4 Å². The third-order valence-electron chi connectivity index (χ3n) is 7.50. The predicted octanol–water partition coefficient (Wildman–Crippen LogP) is 2.61. The number of aliphatic hydroxyl groups is 2. The number of hydrogen-bond donors (Lipinski definition) is 2. The van der Waals surface area contributed by atoms with Crippen LogP contribution in [0, 0.1) is 12.7 Å². The van der Waals surface area contributed by atoms with Crippen molar-refractivity contribution in [2.75, 3.05) is 26.8 Å². The van der Waals surface area contributed by atoms with E-state index in [1.807, 2.05) is 0 Å². The van der Waals surface area contributed by atoms with Crippen LogP contribution in [0.4, 0.5) is 4.39 Å². The second-order valence-electron chi connectivity index (χ2n) is 11.8. The van der Waals surface area contributed by atoms with Crippen LogP contribution in [-0.2, 0) is 23.3 Å². The van der Waals surface area contributed by atoms with Gasteiger partial charge in [0.2, 0.25) is 5.91 Å². The maximum Gasteiger partial charge on any atom is 0.333 e. The highest BCUT2D eigenvalue weighted by atomic mass is 32.1. The Bertz CT molecular complexity index is 1750. The molecule has 44 heavy (non-hydrogen) atoms. The molecule has 3 aromatic heterocycles. The summed E-state index contributed by atoms with van der Waals surface area (Å²) in [5.41, 5.74) is -2.25. The van der Waals surface area contributed by atoms with Gasteiger partial charge in [-0.2, -0.15) is 10.2 Å². The Labute approximate surface area is 257 Å². The van der Waals surface area contributed by atoms with Gasteiger partial charge in [0, 0.05) is 25.2 Å². The van der Waals surface area contributed by atoms with E-state index >= 15 is 0 Å². The highest BCUT2D eigenvalue weighted by Gasteiger charge is 2.39. The van der Waals surface area contributed by atoms with E-state index in [9.17, 15) is 18.8 Å². The van der Waals surface area contributed by atoms with Gasteiger partial charge in [0.1, 0.15) is 26.9 Å². The minimum atomic E-state index is -1.41. The Balaban J connectivity index is 0.000000670. The molecule has 1 aliphatic heterocycles. The lowest BCUT2D eigenvalue weighted by atomic mass is 10.0. The minimum Gasteiger partial charge on any atom is -0.496 e. The predicted molar refractivity (Wildman–Crippen MR) is 165 cm³/mol. The van der Waals surface area contributed by atoms with Gasteiger partial charge >= 0.3 is 5.69 Å². The first-order chi connectivity index (χ1) is 20.7.